The summed E-state index contributed by atoms with van der Waals surface area (Å²) in [6.07, 6.45) is 3.07. The zero-order valence-electron chi connectivity index (χ0n) is 20.5. The number of H-pyrrole nitrogens is 1. The largest absolute Gasteiger partial charge is 0.355 e. The Morgan fingerprint density at radius 1 is 0.706 bits per heavy atom. The molecule has 1 aromatic heterocycles. The van der Waals surface area contributed by atoms with Gasteiger partial charge >= 0.3 is 0 Å². The molecule has 34 heavy (non-hydrogen) atoms. The molecule has 0 saturated heterocycles. The Morgan fingerprint density at radius 3 is 1.94 bits per heavy atom. The van der Waals surface area contributed by atoms with Crippen LogP contribution in [0.5, 0.6) is 0 Å². The molecule has 1 nitrogen and oxygen atoms in total. The molecule has 5 rings (SSSR count). The van der Waals surface area contributed by atoms with Gasteiger partial charge in [0, 0.05) is 21.8 Å². The van der Waals surface area contributed by atoms with Crippen LogP contribution in [0, 0.1) is 13.8 Å². The molecule has 0 bridgehead atoms. The summed E-state index contributed by atoms with van der Waals surface area (Å²) in [5.74, 6) is 0. The molecule has 0 aliphatic carbocycles. The molecule has 1 N–H and O–H groups in total. The zero-order valence-corrected chi connectivity index (χ0v) is 22.9. The van der Waals surface area contributed by atoms with Crippen molar-refractivity contribution in [3.05, 3.63) is 88.5 Å². The van der Waals surface area contributed by atoms with E-state index >= 15 is 0 Å². The van der Waals surface area contributed by atoms with E-state index in [0.717, 1.165) is 19.0 Å². The average molecular weight is 482 g/mol. The van der Waals surface area contributed by atoms with Crippen LogP contribution in [-0.4, -0.2) is 4.98 Å². The summed E-state index contributed by atoms with van der Waals surface area (Å²) in [4.78, 5) is 3.64. The van der Waals surface area contributed by atoms with E-state index in [1.54, 1.807) is 0 Å². The fourth-order valence-corrected chi connectivity index (χ4v) is 6.39. The molecule has 4 aromatic carbocycles. The normalized spacial score (nSPS) is 11.6. The molecule has 5 aromatic rings. The molecule has 3 heteroatoms. The first kappa shape index (κ1) is 23.3. The van der Waals surface area contributed by atoms with Crippen LogP contribution in [0.1, 0.15) is 41.7 Å². The maximum Gasteiger partial charge on any atom is 0.0465 e. The fraction of sp³-hybridized carbons (Fsp3) is 0.226. The van der Waals surface area contributed by atoms with Gasteiger partial charge in [0.1, 0.15) is 0 Å². The number of fused-ring (bicyclic) bond motifs is 3. The first-order chi connectivity index (χ1) is 16.4. The highest BCUT2D eigenvalue weighted by atomic mass is 31.0. The first-order valence-electron chi connectivity index (χ1n) is 12.2. The van der Waals surface area contributed by atoms with Gasteiger partial charge in [-0.05, 0) is 107 Å². The molecular formula is C31H33NP2. The Hall–Kier alpha value is -2.46. The van der Waals surface area contributed by atoms with Gasteiger partial charge in [-0.25, -0.2) is 0 Å². The molecule has 0 aliphatic rings. The number of rotatable bonds is 5. The van der Waals surface area contributed by atoms with Crippen LogP contribution in [0.15, 0.2) is 60.7 Å². The molecule has 2 unspecified atom stereocenters. The molecule has 1 heterocycles. The molecule has 0 amide bonds. The smallest absolute Gasteiger partial charge is 0.0465 e. The number of aromatic nitrogens is 1. The molecule has 2 atom stereocenters. The second kappa shape index (κ2) is 9.30. The average Bonchev–Trinajstić information content (AvgIpc) is 3.20. The second-order valence-electron chi connectivity index (χ2n) is 9.39. The quantitative estimate of drug-likeness (QED) is 0.243. The minimum absolute atomic E-state index is 0.946. The number of hydrogen-bond acceptors (Lipinski definition) is 0. The van der Waals surface area contributed by atoms with Crippen molar-refractivity contribution >= 4 is 45.6 Å². The van der Waals surface area contributed by atoms with Crippen LogP contribution in [0.3, 0.4) is 0 Å². The van der Waals surface area contributed by atoms with Gasteiger partial charge in [0.25, 0.3) is 0 Å². The van der Waals surface area contributed by atoms with Crippen LogP contribution in [-0.2, 0) is 19.0 Å². The highest BCUT2D eigenvalue weighted by Gasteiger charge is 2.14. The minimum atomic E-state index is 0.946. The van der Waals surface area contributed by atoms with E-state index in [0.29, 0.717) is 0 Å². The highest BCUT2D eigenvalue weighted by Crippen LogP contribution is 2.36. The van der Waals surface area contributed by atoms with Crippen molar-refractivity contribution in [2.45, 2.75) is 46.7 Å². The van der Waals surface area contributed by atoms with E-state index < -0.39 is 0 Å². The van der Waals surface area contributed by atoms with Crippen molar-refractivity contribution in [1.29, 1.82) is 0 Å². The Balaban J connectivity index is 1.72. The lowest BCUT2D eigenvalue weighted by atomic mass is 9.90. The third-order valence-corrected chi connectivity index (χ3v) is 7.95. The van der Waals surface area contributed by atoms with Gasteiger partial charge in [-0.1, -0.05) is 55.8 Å². The molecule has 0 spiro atoms. The summed E-state index contributed by atoms with van der Waals surface area (Å²) < 4.78 is 0. The standard InChI is InChI=1S/C31H33NP2/c1-5-20-13-19(4)30(21(6-2)14-20)22-7-9-27-25(15-22)26-16-23(8-10-28(26)32-27)31-24(17-33)11-18(3)12-29(31)34/h7-16,32H,5-6,17,33-34H2,1-4H3. The van der Waals surface area contributed by atoms with Crippen LogP contribution in [0.4, 0.5) is 0 Å². The van der Waals surface area contributed by atoms with Crippen molar-refractivity contribution in [2.24, 2.45) is 0 Å². The fourth-order valence-electron chi connectivity index (χ4n) is 5.45. The summed E-state index contributed by atoms with van der Waals surface area (Å²) >= 11 is 0. The van der Waals surface area contributed by atoms with E-state index in [2.05, 4.69) is 112 Å². The third-order valence-electron chi connectivity index (χ3n) is 7.06. The van der Waals surface area contributed by atoms with Crippen molar-refractivity contribution in [3.8, 4) is 22.3 Å². The Morgan fingerprint density at radius 2 is 1.35 bits per heavy atom. The van der Waals surface area contributed by atoms with Gasteiger partial charge in [0.05, 0.1) is 0 Å². The van der Waals surface area contributed by atoms with Gasteiger partial charge in [0.2, 0.25) is 0 Å². The maximum atomic E-state index is 3.64. The van der Waals surface area contributed by atoms with Crippen molar-refractivity contribution in [2.75, 3.05) is 0 Å². The number of benzene rings is 4. The van der Waals surface area contributed by atoms with E-state index in [4.69, 9.17) is 0 Å². The van der Waals surface area contributed by atoms with Crippen LogP contribution in [0.2, 0.25) is 0 Å². The summed E-state index contributed by atoms with van der Waals surface area (Å²) in [6.45, 7) is 8.93. The number of nitrogens with one attached hydrogen (secondary N) is 1. The van der Waals surface area contributed by atoms with Crippen molar-refractivity contribution in [1.82, 2.24) is 4.98 Å². The predicted molar refractivity (Wildman–Crippen MR) is 158 cm³/mol. The first-order valence-corrected chi connectivity index (χ1v) is 13.6. The summed E-state index contributed by atoms with van der Waals surface area (Å²) in [5, 5.41) is 3.84. The van der Waals surface area contributed by atoms with Gasteiger partial charge < -0.3 is 4.98 Å². The van der Waals surface area contributed by atoms with E-state index in [1.807, 2.05) is 0 Å². The van der Waals surface area contributed by atoms with Gasteiger partial charge in [-0.15, -0.1) is 18.5 Å². The van der Waals surface area contributed by atoms with Crippen LogP contribution in [0.25, 0.3) is 44.1 Å². The Bertz CT molecular complexity index is 1540. The molecule has 0 fully saturated rings. The van der Waals surface area contributed by atoms with Gasteiger partial charge in [0.15, 0.2) is 0 Å². The van der Waals surface area contributed by atoms with Crippen LogP contribution >= 0.6 is 18.5 Å². The summed E-state index contributed by atoms with van der Waals surface area (Å²) in [5.41, 5.74) is 14.6. The lowest BCUT2D eigenvalue weighted by molar-refractivity contribution is 1.08. The lowest BCUT2D eigenvalue weighted by Gasteiger charge is -2.15. The second-order valence-corrected chi connectivity index (χ2v) is 10.4. The molecule has 0 radical (unpaired) electrons. The summed E-state index contributed by atoms with van der Waals surface area (Å²) in [7, 11) is 5.84. The molecule has 172 valence electrons. The van der Waals surface area contributed by atoms with Crippen LogP contribution < -0.4 is 5.30 Å². The topological polar surface area (TPSA) is 15.8 Å². The zero-order chi connectivity index (χ0) is 24.0. The van der Waals surface area contributed by atoms with Crippen molar-refractivity contribution < 1.29 is 0 Å². The number of aryl methyl sites for hydroxylation is 4. The molecule has 0 aliphatic heterocycles. The maximum absolute atomic E-state index is 3.64. The van der Waals surface area contributed by atoms with E-state index in [-0.39, 0.29) is 0 Å². The monoisotopic (exact) mass is 481 g/mol. The lowest BCUT2D eigenvalue weighted by Crippen LogP contribution is -2.02. The predicted octanol–water partition coefficient (Wildman–Crippen LogP) is 8.27. The Labute approximate surface area is 207 Å². The molecular weight excluding hydrogens is 448 g/mol. The number of aromatic amines is 1. The summed E-state index contributed by atoms with van der Waals surface area (Å²) in [6, 6.07) is 23.1. The van der Waals surface area contributed by atoms with Gasteiger partial charge in [-0.3, -0.25) is 0 Å². The highest BCUT2D eigenvalue weighted by molar-refractivity contribution is 7.28. The Kier molecular flexibility index (Phi) is 6.37. The van der Waals surface area contributed by atoms with E-state index in [9.17, 15) is 0 Å². The number of hydrogen-bond donors (Lipinski definition) is 1. The SMILES string of the molecule is CCc1cc(C)c(-c2ccc3[nH]c4ccc(-c5c(P)cc(C)cc5CP)cc4c3c2)c(CC)c1. The molecule has 0 saturated carbocycles. The minimum Gasteiger partial charge on any atom is -0.355 e. The van der Waals surface area contributed by atoms with E-state index in [1.165, 1.54) is 77.2 Å². The van der Waals surface area contributed by atoms with Gasteiger partial charge in [-0.2, -0.15) is 0 Å². The van der Waals surface area contributed by atoms with Crippen molar-refractivity contribution in [3.63, 3.8) is 0 Å². The third kappa shape index (κ3) is 4.00.